The molecule has 5 heterocycles. The number of anilines is 6. The Balaban J connectivity index is 0.000000276. The first-order valence-electron chi connectivity index (χ1n) is 38.0. The van der Waals surface area contributed by atoms with Crippen LogP contribution >= 0.6 is 0 Å². The van der Waals surface area contributed by atoms with Crippen LogP contribution < -0.4 is 48.1 Å². The summed E-state index contributed by atoms with van der Waals surface area (Å²) in [5.74, 6) is 4.85. The Morgan fingerprint density at radius 3 is 1.50 bits per heavy atom. The van der Waals surface area contributed by atoms with Crippen LogP contribution in [0.2, 0.25) is 0 Å². The van der Waals surface area contributed by atoms with Gasteiger partial charge in [0.1, 0.15) is 33.9 Å². The van der Waals surface area contributed by atoms with Crippen LogP contribution in [0.25, 0.3) is 34.2 Å². The summed E-state index contributed by atoms with van der Waals surface area (Å²) in [6, 6.07) is 55.0. The van der Waals surface area contributed by atoms with Crippen molar-refractivity contribution in [1.82, 2.24) is 40.6 Å². The average Bonchev–Trinajstić information content (AvgIpc) is 1.57. The van der Waals surface area contributed by atoms with Gasteiger partial charge in [-0.25, -0.2) is 19.2 Å². The predicted octanol–water partition coefficient (Wildman–Crippen LogP) is 17.8. The van der Waals surface area contributed by atoms with Gasteiger partial charge in [0, 0.05) is 107 Å². The van der Waals surface area contributed by atoms with Crippen molar-refractivity contribution < 1.29 is 58.3 Å². The Hall–Kier alpha value is -13.6. The Morgan fingerprint density at radius 2 is 1.04 bits per heavy atom. The molecule has 0 atom stereocenters. The monoisotopic (exact) mass is 1620 g/mol. The number of amides is 5. The van der Waals surface area contributed by atoms with E-state index >= 15 is 0 Å². The van der Waals surface area contributed by atoms with E-state index in [1.807, 2.05) is 112 Å². The molecule has 32 heteroatoms. The third-order valence-corrected chi connectivity index (χ3v) is 17.0. The molecule has 0 bridgehead atoms. The molecule has 0 unspecified atom stereocenters. The number of nitrogens with one attached hydrogen (secondary N) is 4. The number of ether oxygens (including phenoxy) is 4. The summed E-state index contributed by atoms with van der Waals surface area (Å²) >= 11 is 0. The summed E-state index contributed by atoms with van der Waals surface area (Å²) < 4.78 is 36.3. The van der Waals surface area contributed by atoms with E-state index in [0.717, 1.165) is 79.3 Å². The maximum Gasteiger partial charge on any atom is 0.412 e. The fraction of sp³-hybridized carbons (Fsp3) is 0.356. The van der Waals surface area contributed by atoms with Gasteiger partial charge in [-0.3, -0.25) is 36.1 Å². The summed E-state index contributed by atoms with van der Waals surface area (Å²) in [6.45, 7) is 28.0. The van der Waals surface area contributed by atoms with Crippen molar-refractivity contribution >= 4 is 78.5 Å². The smallest absolute Gasteiger partial charge is 0.412 e. The number of likely N-dealkylation sites (tertiary alicyclic amines) is 1. The molecule has 31 nitrogen and oxygen atoms in total. The maximum absolute atomic E-state index is 13.7. The van der Waals surface area contributed by atoms with E-state index in [0.29, 0.717) is 80.3 Å². The first-order valence-corrected chi connectivity index (χ1v) is 38.0. The maximum atomic E-state index is 13.7. The second-order valence-electron chi connectivity index (χ2n) is 30.7. The van der Waals surface area contributed by atoms with Gasteiger partial charge in [0.2, 0.25) is 35.1 Å². The number of piperidine rings is 1. The fourth-order valence-electron chi connectivity index (χ4n) is 12.1. The molecule has 11 N–H and O–H groups in total. The molecule has 3 aromatic heterocycles. The van der Waals surface area contributed by atoms with Crippen molar-refractivity contribution in [2.24, 2.45) is 15.9 Å². The van der Waals surface area contributed by atoms with Gasteiger partial charge >= 0.3 is 24.3 Å². The predicted molar refractivity (Wildman–Crippen MR) is 462 cm³/mol. The molecule has 3 radical (unpaired) electrons. The minimum atomic E-state index is -0.562. The van der Waals surface area contributed by atoms with Gasteiger partial charge in [-0.05, 0) is 204 Å². The Labute approximate surface area is 698 Å². The molecule has 7 aromatic carbocycles. The number of nitriles is 2. The molecular formula is C87H109BN19O12. The third kappa shape index (κ3) is 30.8. The van der Waals surface area contributed by atoms with E-state index in [1.54, 1.807) is 153 Å². The van der Waals surface area contributed by atoms with E-state index in [9.17, 15) is 19.2 Å². The van der Waals surface area contributed by atoms with Crippen LogP contribution in [0.1, 0.15) is 170 Å². The molecule has 2 saturated heterocycles. The fourth-order valence-corrected chi connectivity index (χ4v) is 12.1. The van der Waals surface area contributed by atoms with Crippen LogP contribution in [-0.2, 0) is 20.8 Å². The first kappa shape index (κ1) is 94.2. The molecule has 2 aliphatic heterocycles. The molecule has 5 amide bonds. The van der Waals surface area contributed by atoms with Crippen LogP contribution in [0.3, 0.4) is 0 Å². The molecule has 1 saturated carbocycles. The average molecular weight is 1620 g/mol. The summed E-state index contributed by atoms with van der Waals surface area (Å²) in [6.07, 6.45) is 5.99. The number of nitrogen functional groups attached to an aromatic ring is 2. The number of nitrogens with two attached hydrogens (primary N) is 3. The number of oxime groups is 1. The number of rotatable bonds is 13. The topological polar surface area (TPSA) is 447 Å². The van der Waals surface area contributed by atoms with Crippen LogP contribution in [-0.4, -0.2) is 133 Å². The lowest BCUT2D eigenvalue weighted by molar-refractivity contribution is 0.0624. The van der Waals surface area contributed by atoms with Gasteiger partial charge < -0.3 is 54.9 Å². The molecule has 3 fully saturated rings. The van der Waals surface area contributed by atoms with Crippen molar-refractivity contribution in [3.63, 3.8) is 0 Å². The molecular weight excluding hydrogens is 1510 g/mol. The highest BCUT2D eigenvalue weighted by Crippen LogP contribution is 2.40. The number of benzene rings is 7. The normalized spacial score (nSPS) is 14.0. The van der Waals surface area contributed by atoms with Gasteiger partial charge in [-0.2, -0.15) is 25.5 Å². The molecule has 13 rings (SSSR count). The van der Waals surface area contributed by atoms with Crippen LogP contribution in [0, 0.1) is 43.4 Å². The quantitative estimate of drug-likeness (QED) is 0.0101. The van der Waals surface area contributed by atoms with Crippen molar-refractivity contribution in [3.8, 4) is 52.1 Å². The number of hydrogen-bond acceptors (Lipinski definition) is 25. The van der Waals surface area contributed by atoms with E-state index < -0.39 is 40.6 Å². The van der Waals surface area contributed by atoms with Gasteiger partial charge in [0.15, 0.2) is 5.84 Å². The molecule has 627 valence electrons. The number of carbonyl (C=O) groups excluding carboxylic acids is 4. The zero-order valence-corrected chi connectivity index (χ0v) is 69.0. The second kappa shape index (κ2) is 43.9. The summed E-state index contributed by atoms with van der Waals surface area (Å²) in [5.41, 5.74) is 23.4. The second-order valence-corrected chi connectivity index (χ2v) is 30.7. The van der Waals surface area contributed by atoms with Crippen LogP contribution in [0.4, 0.5) is 53.3 Å². The zero-order valence-electron chi connectivity index (χ0n) is 69.0. The number of amidine groups is 2. The molecule has 3 aliphatic rings. The highest BCUT2D eigenvalue weighted by Gasteiger charge is 2.53. The third-order valence-electron chi connectivity index (χ3n) is 17.0. The lowest BCUT2D eigenvalue weighted by Gasteiger charge is -2.44. The lowest BCUT2D eigenvalue weighted by atomic mass is 9.84. The zero-order chi connectivity index (χ0) is 85.0. The van der Waals surface area contributed by atoms with Gasteiger partial charge in [0.25, 0.3) is 0 Å². The number of urea groups is 1. The minimum absolute atomic E-state index is 0. The summed E-state index contributed by atoms with van der Waals surface area (Å²) in [5, 5.41) is 51.2. The van der Waals surface area contributed by atoms with Gasteiger partial charge in [-0.1, -0.05) is 120 Å². The molecule has 10 aromatic rings. The van der Waals surface area contributed by atoms with Crippen molar-refractivity contribution in [3.05, 3.63) is 210 Å². The van der Waals surface area contributed by atoms with Crippen LogP contribution in [0.5, 0.6) is 5.75 Å². The standard InChI is InChI=1S/C32H40N6O3.C14H17N3O3.C12H17N3O3.C12H14N2O2.C9H9N3O.C7H6N2.CH4.B.H2/c1-22(2)40-28-14-7-9-24(19-28)21-37-17-15-32(16-18-37)30(34-26-11-5-4-6-12-26)35-31(39)38(32)27-13-8-10-25(20-27)29-33-23(3)41-36-29;1-9-15-12(17-20-9)10-6-5-7-11(8-10)16-13(18)19-14(2,3)4;1-12(2,3)18-11(16)14-9-6-4-5-8(7-9)10(13)15-17;1-12(2,3)16-11(15)14-10-6-4-5-9(7-10)8-13;1-6-11-9(12-13-6)7-3-2-4-8(10)5-7;8-5-6-2-1-3-7(9)4-6;;;/h7-10,13-14,19-20,22,26H,4-6,11-12,15-18,21H2,1-3H3,(H,34,35,39);5-8H,1-4H3,(H,16,18);4-7,17H,1-3H3,(H2,13,15)(H,14,16);4-7H,1-3H3,(H,14,15);2-5H,10H2,1H3;1-4H,9H2;1H4;;1H/i;;;;;;;;1+1. The minimum Gasteiger partial charge on any atom is -0.491 e. The number of aryl methyl sites for hydroxylation is 3. The molecule has 1 spiro atoms. The molecule has 1 aliphatic carbocycles. The van der Waals surface area contributed by atoms with Gasteiger partial charge in [0.05, 0.1) is 35.4 Å². The highest BCUT2D eigenvalue weighted by molar-refractivity contribution is 6.19. The van der Waals surface area contributed by atoms with Gasteiger partial charge in [-0.15, -0.1) is 0 Å². The number of carbonyl (C=O) groups is 4. The highest BCUT2D eigenvalue weighted by atomic mass is 16.6. The largest absolute Gasteiger partial charge is 0.491 e. The van der Waals surface area contributed by atoms with Crippen molar-refractivity contribution in [2.45, 2.75) is 190 Å². The van der Waals surface area contributed by atoms with Crippen LogP contribution in [0.15, 0.2) is 194 Å². The molecule has 119 heavy (non-hydrogen) atoms. The Kier molecular flexibility index (Phi) is 34.8. The number of aromatic nitrogens is 6. The first-order chi connectivity index (χ1) is 55.5. The number of hydrogen-bond donors (Lipinski definition) is 8. The SMILES string of the molecule is C.CC(C)(C)OC(=O)Nc1cccc(/C(N)=N\O)c1.CC(C)(C)OC(=O)Nc1cccc(C#N)c1.Cc1nc(-c2cccc(N)c2)no1.Cc1nc(-c2cccc(N3C(=O)NC(=NC4CCCCC4)C34CCN(Cc3cccc(OC(C)C)c3)CC4)c2)no1.Cc1nc(-c2cccc(NC(=O)OC(C)(C)C)c2)no1.N#Cc1cccc(N)c1.[2HH].[B]. The number of aliphatic imine (C=N–C) groups is 1. The van der Waals surface area contributed by atoms with E-state index in [-0.39, 0.29) is 41.3 Å². The lowest BCUT2D eigenvalue weighted by Crippen LogP contribution is -2.57. The van der Waals surface area contributed by atoms with E-state index in [4.69, 9.17) is 70.4 Å². The number of nitrogens with zero attached hydrogens (tertiary/aromatic N) is 12. The Bertz CT molecular complexity index is 5140. The van der Waals surface area contributed by atoms with E-state index in [2.05, 4.69) is 79.9 Å². The summed E-state index contributed by atoms with van der Waals surface area (Å²) in [7, 11) is 0. The van der Waals surface area contributed by atoms with Crippen molar-refractivity contribution in [1.29, 1.82) is 10.5 Å². The summed E-state index contributed by atoms with van der Waals surface area (Å²) in [4.78, 5) is 70.6. The van der Waals surface area contributed by atoms with E-state index in [1.165, 1.54) is 24.8 Å². The van der Waals surface area contributed by atoms with Crippen molar-refractivity contribution in [2.75, 3.05) is 45.4 Å². The Morgan fingerprint density at radius 1 is 0.605 bits per heavy atom.